The normalized spacial score (nSPS) is 10.4. The molecule has 0 saturated heterocycles. The molecule has 0 unspecified atom stereocenters. The van der Waals surface area contributed by atoms with E-state index in [1.807, 2.05) is 13.8 Å². The van der Waals surface area contributed by atoms with Crippen molar-refractivity contribution in [3.63, 3.8) is 0 Å². The third-order valence-electron chi connectivity index (χ3n) is 2.34. The zero-order valence-corrected chi connectivity index (χ0v) is 10.4. The fraction of sp³-hybridized carbons (Fsp3) is 0.545. The summed E-state index contributed by atoms with van der Waals surface area (Å²) in [6.45, 7) is 4.49. The molecule has 94 valence electrons. The first-order valence-electron chi connectivity index (χ1n) is 5.47. The SMILES string of the molecule is COC(=O)CCNc1ncnc(N)c1C(C)C. The van der Waals surface area contributed by atoms with Crippen molar-refractivity contribution in [3.8, 4) is 0 Å². The van der Waals surface area contributed by atoms with E-state index in [2.05, 4.69) is 20.0 Å². The van der Waals surface area contributed by atoms with Crippen LogP contribution in [-0.2, 0) is 9.53 Å². The van der Waals surface area contributed by atoms with Crippen LogP contribution in [0.3, 0.4) is 0 Å². The molecule has 0 aromatic carbocycles. The third-order valence-corrected chi connectivity index (χ3v) is 2.34. The number of nitrogen functional groups attached to an aromatic ring is 1. The summed E-state index contributed by atoms with van der Waals surface area (Å²) >= 11 is 0. The van der Waals surface area contributed by atoms with E-state index in [0.717, 1.165) is 5.56 Å². The number of hydrogen-bond acceptors (Lipinski definition) is 6. The molecular formula is C11H18N4O2. The Morgan fingerprint density at radius 1 is 1.53 bits per heavy atom. The van der Waals surface area contributed by atoms with Crippen LogP contribution in [0.5, 0.6) is 0 Å². The van der Waals surface area contributed by atoms with Crippen LogP contribution in [0.4, 0.5) is 11.6 Å². The zero-order chi connectivity index (χ0) is 12.8. The van der Waals surface area contributed by atoms with E-state index in [1.54, 1.807) is 0 Å². The van der Waals surface area contributed by atoms with Crippen LogP contribution in [-0.4, -0.2) is 29.6 Å². The van der Waals surface area contributed by atoms with Crippen LogP contribution in [0.2, 0.25) is 0 Å². The molecule has 0 radical (unpaired) electrons. The number of carbonyl (C=O) groups excluding carboxylic acids is 1. The number of aromatic nitrogens is 2. The minimum absolute atomic E-state index is 0.219. The minimum atomic E-state index is -0.259. The number of hydrogen-bond donors (Lipinski definition) is 2. The van der Waals surface area contributed by atoms with Crippen molar-refractivity contribution in [2.75, 3.05) is 24.7 Å². The van der Waals surface area contributed by atoms with Gasteiger partial charge in [0, 0.05) is 12.1 Å². The van der Waals surface area contributed by atoms with Gasteiger partial charge < -0.3 is 15.8 Å². The van der Waals surface area contributed by atoms with E-state index >= 15 is 0 Å². The molecule has 0 bridgehead atoms. The van der Waals surface area contributed by atoms with Crippen LogP contribution in [0, 0.1) is 0 Å². The van der Waals surface area contributed by atoms with Crippen LogP contribution in [0.1, 0.15) is 31.7 Å². The molecule has 0 spiro atoms. The summed E-state index contributed by atoms with van der Waals surface area (Å²) in [5.41, 5.74) is 6.67. The Labute approximate surface area is 101 Å². The lowest BCUT2D eigenvalue weighted by Crippen LogP contribution is -2.13. The van der Waals surface area contributed by atoms with Crippen molar-refractivity contribution >= 4 is 17.6 Å². The van der Waals surface area contributed by atoms with Gasteiger partial charge in [-0.3, -0.25) is 4.79 Å². The van der Waals surface area contributed by atoms with Gasteiger partial charge in [0.15, 0.2) is 0 Å². The lowest BCUT2D eigenvalue weighted by atomic mass is 10.0. The van der Waals surface area contributed by atoms with E-state index in [-0.39, 0.29) is 18.3 Å². The first kappa shape index (κ1) is 13.2. The molecule has 0 saturated carbocycles. The van der Waals surface area contributed by atoms with E-state index in [0.29, 0.717) is 18.2 Å². The molecule has 0 amide bonds. The number of esters is 1. The Bertz CT molecular complexity index is 393. The standard InChI is InChI=1S/C11H18N4O2/c1-7(2)9-10(12)14-6-15-11(9)13-5-4-8(16)17-3/h6-7H,4-5H2,1-3H3,(H3,12,13,14,15). The van der Waals surface area contributed by atoms with Gasteiger partial charge in [-0.05, 0) is 5.92 Å². The molecule has 0 atom stereocenters. The van der Waals surface area contributed by atoms with Crippen molar-refractivity contribution in [3.05, 3.63) is 11.9 Å². The molecule has 17 heavy (non-hydrogen) atoms. The Morgan fingerprint density at radius 2 is 2.24 bits per heavy atom. The summed E-state index contributed by atoms with van der Waals surface area (Å²) in [4.78, 5) is 19.1. The molecule has 0 aliphatic carbocycles. The predicted octanol–water partition coefficient (Wildman–Crippen LogP) is 1.16. The van der Waals surface area contributed by atoms with Crippen molar-refractivity contribution < 1.29 is 9.53 Å². The molecule has 3 N–H and O–H groups in total. The van der Waals surface area contributed by atoms with Crippen LogP contribution >= 0.6 is 0 Å². The van der Waals surface area contributed by atoms with E-state index in [9.17, 15) is 4.79 Å². The van der Waals surface area contributed by atoms with Crippen molar-refractivity contribution in [1.29, 1.82) is 0 Å². The van der Waals surface area contributed by atoms with Gasteiger partial charge >= 0.3 is 5.97 Å². The average Bonchev–Trinajstić information content (AvgIpc) is 2.28. The van der Waals surface area contributed by atoms with Crippen LogP contribution < -0.4 is 11.1 Å². The largest absolute Gasteiger partial charge is 0.469 e. The average molecular weight is 238 g/mol. The number of methoxy groups -OCH3 is 1. The fourth-order valence-corrected chi connectivity index (χ4v) is 1.50. The topological polar surface area (TPSA) is 90.1 Å². The molecule has 0 fully saturated rings. The molecule has 1 heterocycles. The minimum Gasteiger partial charge on any atom is -0.469 e. The van der Waals surface area contributed by atoms with Gasteiger partial charge in [0.25, 0.3) is 0 Å². The highest BCUT2D eigenvalue weighted by Crippen LogP contribution is 2.25. The lowest BCUT2D eigenvalue weighted by Gasteiger charge is -2.14. The smallest absolute Gasteiger partial charge is 0.307 e. The summed E-state index contributed by atoms with van der Waals surface area (Å²) in [6, 6.07) is 0. The van der Waals surface area contributed by atoms with Gasteiger partial charge in [-0.1, -0.05) is 13.8 Å². The molecule has 6 nitrogen and oxygen atoms in total. The van der Waals surface area contributed by atoms with Gasteiger partial charge in [-0.15, -0.1) is 0 Å². The first-order valence-corrected chi connectivity index (χ1v) is 5.47. The summed E-state index contributed by atoms with van der Waals surface area (Å²) < 4.78 is 4.55. The summed E-state index contributed by atoms with van der Waals surface area (Å²) in [6.07, 6.45) is 1.69. The highest BCUT2D eigenvalue weighted by atomic mass is 16.5. The number of carbonyl (C=O) groups is 1. The van der Waals surface area contributed by atoms with Gasteiger partial charge in [0.2, 0.25) is 0 Å². The fourth-order valence-electron chi connectivity index (χ4n) is 1.50. The molecule has 6 heteroatoms. The molecular weight excluding hydrogens is 220 g/mol. The molecule has 0 aliphatic heterocycles. The number of anilines is 2. The maximum absolute atomic E-state index is 11.0. The van der Waals surface area contributed by atoms with E-state index in [4.69, 9.17) is 5.73 Å². The zero-order valence-electron chi connectivity index (χ0n) is 10.4. The number of rotatable bonds is 5. The second-order valence-corrected chi connectivity index (χ2v) is 3.93. The molecule has 1 aromatic heterocycles. The van der Waals surface area contributed by atoms with Gasteiger partial charge in [0.05, 0.1) is 13.5 Å². The maximum atomic E-state index is 11.0. The molecule has 1 rings (SSSR count). The summed E-state index contributed by atoms with van der Waals surface area (Å²) in [5.74, 6) is 1.11. The maximum Gasteiger partial charge on any atom is 0.307 e. The Morgan fingerprint density at radius 3 is 2.82 bits per heavy atom. The Kier molecular flexibility index (Phi) is 4.68. The summed E-state index contributed by atoms with van der Waals surface area (Å²) in [7, 11) is 1.37. The van der Waals surface area contributed by atoms with E-state index in [1.165, 1.54) is 13.4 Å². The van der Waals surface area contributed by atoms with Crippen LogP contribution in [0.15, 0.2) is 6.33 Å². The third kappa shape index (κ3) is 3.58. The Balaban J connectivity index is 2.70. The summed E-state index contributed by atoms with van der Waals surface area (Å²) in [5, 5.41) is 3.07. The monoisotopic (exact) mass is 238 g/mol. The highest BCUT2D eigenvalue weighted by Gasteiger charge is 2.12. The predicted molar refractivity (Wildman–Crippen MR) is 65.7 cm³/mol. The molecule has 1 aromatic rings. The van der Waals surface area contributed by atoms with Gasteiger partial charge in [-0.25, -0.2) is 9.97 Å². The van der Waals surface area contributed by atoms with Gasteiger partial charge in [0.1, 0.15) is 18.0 Å². The van der Waals surface area contributed by atoms with Crippen molar-refractivity contribution in [2.45, 2.75) is 26.2 Å². The number of nitrogens with one attached hydrogen (secondary N) is 1. The van der Waals surface area contributed by atoms with E-state index < -0.39 is 0 Å². The van der Waals surface area contributed by atoms with Crippen molar-refractivity contribution in [1.82, 2.24) is 9.97 Å². The van der Waals surface area contributed by atoms with Gasteiger partial charge in [-0.2, -0.15) is 0 Å². The number of nitrogens with two attached hydrogens (primary N) is 1. The number of ether oxygens (including phenoxy) is 1. The quantitative estimate of drug-likeness (QED) is 0.748. The Hall–Kier alpha value is -1.85. The van der Waals surface area contributed by atoms with Crippen molar-refractivity contribution in [2.24, 2.45) is 0 Å². The molecule has 0 aliphatic rings. The highest BCUT2D eigenvalue weighted by molar-refractivity contribution is 5.70. The second kappa shape index (κ2) is 6.03. The first-order chi connectivity index (χ1) is 8.06. The second-order valence-electron chi connectivity index (χ2n) is 3.93. The lowest BCUT2D eigenvalue weighted by molar-refractivity contribution is -0.140. The van der Waals surface area contributed by atoms with Crippen LogP contribution in [0.25, 0.3) is 0 Å². The number of nitrogens with zero attached hydrogens (tertiary/aromatic N) is 2.